The zero-order chi connectivity index (χ0) is 22.9. The summed E-state index contributed by atoms with van der Waals surface area (Å²) in [7, 11) is 0. The van der Waals surface area contributed by atoms with Crippen molar-refractivity contribution in [3.05, 3.63) is 54.6 Å². The summed E-state index contributed by atoms with van der Waals surface area (Å²) in [6.07, 6.45) is 1.24. The van der Waals surface area contributed by atoms with Gasteiger partial charge in [0.05, 0.1) is 6.33 Å². The lowest BCUT2D eigenvalue weighted by atomic mass is 10.1. The number of rotatable bonds is 6. The number of nitrogens with zero attached hydrogens (tertiary/aromatic N) is 5. The molecule has 3 aromatic rings. The number of hydrazine groups is 1. The van der Waals surface area contributed by atoms with Gasteiger partial charge in [-0.05, 0) is 36.6 Å². The summed E-state index contributed by atoms with van der Waals surface area (Å²) in [4.78, 5) is 14.4. The van der Waals surface area contributed by atoms with Crippen molar-refractivity contribution in [3.63, 3.8) is 0 Å². The first-order valence-electron chi connectivity index (χ1n) is 10.8. The molecule has 1 aromatic carbocycles. The van der Waals surface area contributed by atoms with Crippen molar-refractivity contribution in [2.75, 3.05) is 18.5 Å². The van der Waals surface area contributed by atoms with E-state index in [0.29, 0.717) is 22.2 Å². The van der Waals surface area contributed by atoms with E-state index in [2.05, 4.69) is 56.2 Å². The summed E-state index contributed by atoms with van der Waals surface area (Å²) in [5, 5.41) is 23.3. The highest BCUT2D eigenvalue weighted by molar-refractivity contribution is 8.00. The molecule has 2 aromatic heterocycles. The maximum Gasteiger partial charge on any atom is 0.226 e. The molecule has 5 rings (SSSR count). The second-order valence-electron chi connectivity index (χ2n) is 8.10. The van der Waals surface area contributed by atoms with Crippen LogP contribution in [0.4, 0.5) is 5.82 Å². The Morgan fingerprint density at radius 3 is 2.61 bits per heavy atom. The quantitative estimate of drug-likeness (QED) is 0.356. The van der Waals surface area contributed by atoms with Gasteiger partial charge in [0.25, 0.3) is 0 Å². The molecule has 0 radical (unpaired) electrons. The first kappa shape index (κ1) is 22.6. The first-order chi connectivity index (χ1) is 16.0. The Labute approximate surface area is 200 Å². The van der Waals surface area contributed by atoms with Crippen molar-refractivity contribution < 1.29 is 14.9 Å². The van der Waals surface area contributed by atoms with Crippen molar-refractivity contribution in [2.45, 2.75) is 47.5 Å². The molecular weight excluding hydrogens is 464 g/mol. The van der Waals surface area contributed by atoms with E-state index in [1.54, 1.807) is 4.57 Å². The molecule has 9 nitrogen and oxygen atoms in total. The van der Waals surface area contributed by atoms with E-state index in [1.165, 1.54) is 17.3 Å². The van der Waals surface area contributed by atoms with E-state index in [0.717, 1.165) is 25.9 Å². The molecule has 0 bridgehead atoms. The maximum atomic E-state index is 10.4. The molecule has 0 saturated carbocycles. The molecule has 2 fully saturated rings. The van der Waals surface area contributed by atoms with Gasteiger partial charge in [0.1, 0.15) is 18.3 Å². The topological polar surface area (TPSA) is 109 Å². The third-order valence-electron chi connectivity index (χ3n) is 5.93. The molecule has 0 aliphatic carbocycles. The number of anilines is 1. The van der Waals surface area contributed by atoms with Crippen molar-refractivity contribution >= 4 is 40.3 Å². The van der Waals surface area contributed by atoms with E-state index in [-0.39, 0.29) is 5.28 Å². The number of imidazole rings is 1. The van der Waals surface area contributed by atoms with Crippen LogP contribution in [0.3, 0.4) is 0 Å². The van der Waals surface area contributed by atoms with E-state index in [9.17, 15) is 10.2 Å². The van der Waals surface area contributed by atoms with Gasteiger partial charge in [-0.15, -0.1) is 18.3 Å². The first-order valence-corrected chi connectivity index (χ1v) is 12.1. The number of benzene rings is 1. The fourth-order valence-corrected chi connectivity index (χ4v) is 5.50. The number of halogens is 1. The Morgan fingerprint density at radius 1 is 1.15 bits per heavy atom. The summed E-state index contributed by atoms with van der Waals surface area (Å²) < 4.78 is 7.31. The number of nitrogens with one attached hydrogen (secondary N) is 1. The molecule has 2 aliphatic rings. The number of hydrogen-bond donors (Lipinski definition) is 3. The number of thioether (sulfide) groups is 1. The standard InChI is InChI=1S/C22H25ClN6O3S/c1-2-15-17(30)18(31)21(32-15)29-12-24-16-19(25-22(23)26-20(16)29)27-28-10-8-14(9-11-28)33-13-6-4-3-5-7-13/h2-7,12,14-15,17-18,21,30-31H,1,8-11H2,(H,25,26,27)/t15-,17-,18-,21-/m1/s1. The van der Waals surface area contributed by atoms with Crippen LogP contribution in [0.2, 0.25) is 5.28 Å². The average Bonchev–Trinajstić information content (AvgIpc) is 3.36. The largest absolute Gasteiger partial charge is 0.387 e. The molecule has 4 atom stereocenters. The molecule has 0 unspecified atom stereocenters. The molecule has 4 heterocycles. The maximum absolute atomic E-state index is 10.4. The summed E-state index contributed by atoms with van der Waals surface area (Å²) >= 11 is 8.13. The van der Waals surface area contributed by atoms with Crippen LogP contribution in [-0.2, 0) is 4.74 Å². The van der Waals surface area contributed by atoms with Gasteiger partial charge in [-0.3, -0.25) is 4.57 Å². The summed E-state index contributed by atoms with van der Waals surface area (Å²) in [6, 6.07) is 10.5. The molecule has 11 heteroatoms. The zero-order valence-corrected chi connectivity index (χ0v) is 19.4. The smallest absolute Gasteiger partial charge is 0.226 e. The van der Waals surface area contributed by atoms with Crippen molar-refractivity contribution in [2.24, 2.45) is 0 Å². The predicted octanol–water partition coefficient (Wildman–Crippen LogP) is 2.87. The van der Waals surface area contributed by atoms with Crippen LogP contribution in [0.25, 0.3) is 11.2 Å². The molecule has 0 amide bonds. The SMILES string of the molecule is C=C[C@H]1O[C@@H](n2cnc3c(NN4CCC(Sc5ccccc5)CC4)nc(Cl)nc32)[C@H](O)[C@@H]1O. The number of ether oxygens (including phenoxy) is 1. The molecule has 0 spiro atoms. The average molecular weight is 489 g/mol. The van der Waals surface area contributed by atoms with Crippen LogP contribution in [0.15, 0.2) is 54.2 Å². The minimum Gasteiger partial charge on any atom is -0.387 e. The third-order valence-corrected chi connectivity index (χ3v) is 7.45. The second-order valence-corrected chi connectivity index (χ2v) is 9.81. The summed E-state index contributed by atoms with van der Waals surface area (Å²) in [5.41, 5.74) is 4.25. The van der Waals surface area contributed by atoms with Gasteiger partial charge in [-0.2, -0.15) is 9.97 Å². The van der Waals surface area contributed by atoms with Gasteiger partial charge in [0.15, 0.2) is 23.2 Å². The van der Waals surface area contributed by atoms with Crippen LogP contribution < -0.4 is 5.43 Å². The highest BCUT2D eigenvalue weighted by atomic mass is 35.5. The number of piperidine rings is 1. The molecular formula is C22H25ClN6O3S. The van der Waals surface area contributed by atoms with E-state index in [1.807, 2.05) is 17.8 Å². The lowest BCUT2D eigenvalue weighted by molar-refractivity contribution is -0.0244. The Balaban J connectivity index is 1.30. The van der Waals surface area contributed by atoms with Crippen molar-refractivity contribution in [1.82, 2.24) is 24.5 Å². The van der Waals surface area contributed by atoms with Gasteiger partial charge in [-0.1, -0.05) is 24.3 Å². The fourth-order valence-electron chi connectivity index (χ4n) is 4.19. The highest BCUT2D eigenvalue weighted by Crippen LogP contribution is 2.34. The van der Waals surface area contributed by atoms with Gasteiger partial charge < -0.3 is 20.4 Å². The van der Waals surface area contributed by atoms with Gasteiger partial charge in [0, 0.05) is 23.2 Å². The van der Waals surface area contributed by atoms with Crippen molar-refractivity contribution in [1.29, 1.82) is 0 Å². The predicted molar refractivity (Wildman–Crippen MR) is 127 cm³/mol. The summed E-state index contributed by atoms with van der Waals surface area (Å²) in [6.45, 7) is 5.35. The Morgan fingerprint density at radius 2 is 1.91 bits per heavy atom. The van der Waals surface area contributed by atoms with E-state index in [4.69, 9.17) is 16.3 Å². The normalized spacial score (nSPS) is 26.6. The summed E-state index contributed by atoms with van der Waals surface area (Å²) in [5.74, 6) is 0.492. The van der Waals surface area contributed by atoms with Crippen LogP contribution in [0, 0.1) is 0 Å². The van der Waals surface area contributed by atoms with Crippen LogP contribution in [0.5, 0.6) is 0 Å². The van der Waals surface area contributed by atoms with Gasteiger partial charge >= 0.3 is 0 Å². The molecule has 33 heavy (non-hydrogen) atoms. The molecule has 2 saturated heterocycles. The van der Waals surface area contributed by atoms with E-state index < -0.39 is 24.5 Å². The highest BCUT2D eigenvalue weighted by Gasteiger charge is 2.43. The van der Waals surface area contributed by atoms with Crippen LogP contribution in [-0.4, -0.2) is 71.4 Å². The minimum absolute atomic E-state index is 0.0505. The molecule has 174 valence electrons. The Bertz CT molecular complexity index is 1120. The fraction of sp³-hybridized carbons (Fsp3) is 0.409. The van der Waals surface area contributed by atoms with Gasteiger partial charge in [-0.25, -0.2) is 9.99 Å². The zero-order valence-electron chi connectivity index (χ0n) is 17.8. The Hall–Kier alpha value is -2.21. The lowest BCUT2D eigenvalue weighted by Gasteiger charge is -2.32. The molecule has 3 N–H and O–H groups in total. The number of aromatic nitrogens is 4. The van der Waals surface area contributed by atoms with Crippen LogP contribution in [0.1, 0.15) is 19.1 Å². The molecule has 2 aliphatic heterocycles. The number of aliphatic hydroxyl groups is 2. The van der Waals surface area contributed by atoms with E-state index >= 15 is 0 Å². The van der Waals surface area contributed by atoms with Crippen LogP contribution >= 0.6 is 23.4 Å². The van der Waals surface area contributed by atoms with Gasteiger partial charge in [0.2, 0.25) is 5.28 Å². The minimum atomic E-state index is -1.16. The number of hydrogen-bond acceptors (Lipinski definition) is 9. The Kier molecular flexibility index (Phi) is 6.55. The van der Waals surface area contributed by atoms with Crippen molar-refractivity contribution in [3.8, 4) is 0 Å². The second kappa shape index (κ2) is 9.57. The lowest BCUT2D eigenvalue weighted by Crippen LogP contribution is -2.39. The third kappa shape index (κ3) is 4.59. The number of fused-ring (bicyclic) bond motifs is 1. The number of aliphatic hydroxyl groups excluding tert-OH is 2. The monoisotopic (exact) mass is 488 g/mol.